The first-order valence-electron chi connectivity index (χ1n) is 5.13. The Morgan fingerprint density at radius 1 is 1.65 bits per heavy atom. The minimum atomic E-state index is -0.0316. The van der Waals surface area contributed by atoms with Gasteiger partial charge in [0.2, 0.25) is 0 Å². The third kappa shape index (κ3) is 2.68. The highest BCUT2D eigenvalue weighted by Gasteiger charge is 2.15. The normalized spacial score (nSPS) is 10.5. The Balaban J connectivity index is 2.08. The Morgan fingerprint density at radius 3 is 2.94 bits per heavy atom. The molecule has 17 heavy (non-hydrogen) atoms. The highest BCUT2D eigenvalue weighted by molar-refractivity contribution is 14.1. The van der Waals surface area contributed by atoms with Gasteiger partial charge in [-0.05, 0) is 28.7 Å². The summed E-state index contributed by atoms with van der Waals surface area (Å²) in [5.41, 5.74) is 0.603. The number of nitrogens with one attached hydrogen (secondary N) is 1. The molecule has 0 aliphatic carbocycles. The number of H-pyrrole nitrogens is 1. The summed E-state index contributed by atoms with van der Waals surface area (Å²) in [7, 11) is 3.68. The number of halogens is 1. The van der Waals surface area contributed by atoms with E-state index in [4.69, 9.17) is 0 Å². The quantitative estimate of drug-likeness (QED) is 0.861. The molecule has 0 aromatic carbocycles. The van der Waals surface area contributed by atoms with Crippen molar-refractivity contribution in [2.45, 2.75) is 6.54 Å². The van der Waals surface area contributed by atoms with Crippen molar-refractivity contribution < 1.29 is 4.79 Å². The molecule has 0 radical (unpaired) electrons. The van der Waals surface area contributed by atoms with E-state index in [9.17, 15) is 4.79 Å². The molecule has 0 spiro atoms. The van der Waals surface area contributed by atoms with Gasteiger partial charge in [0.25, 0.3) is 5.91 Å². The first kappa shape index (κ1) is 12.2. The van der Waals surface area contributed by atoms with E-state index in [1.807, 2.05) is 30.1 Å². The fourth-order valence-corrected chi connectivity index (χ4v) is 2.00. The van der Waals surface area contributed by atoms with Crippen LogP contribution in [-0.2, 0) is 13.6 Å². The molecule has 0 atom stereocenters. The molecule has 0 fully saturated rings. The summed E-state index contributed by atoms with van der Waals surface area (Å²) < 4.78 is 2.93. The van der Waals surface area contributed by atoms with Gasteiger partial charge in [0.05, 0.1) is 6.54 Å². The predicted molar refractivity (Wildman–Crippen MR) is 72.5 cm³/mol. The molecule has 0 unspecified atom stereocenters. The molecule has 6 heteroatoms. The summed E-state index contributed by atoms with van der Waals surface area (Å²) in [6.45, 7) is 0.498. The van der Waals surface area contributed by atoms with Gasteiger partial charge in [0.1, 0.15) is 11.5 Å². The Bertz CT molecular complexity index is 531. The molecule has 5 nitrogen and oxygen atoms in total. The van der Waals surface area contributed by atoms with E-state index in [1.54, 1.807) is 18.1 Å². The number of aryl methyl sites for hydroxylation is 1. The fourth-order valence-electron chi connectivity index (χ4n) is 1.53. The van der Waals surface area contributed by atoms with Crippen molar-refractivity contribution in [2.75, 3.05) is 7.05 Å². The number of carbonyl (C=O) groups excluding carboxylic acids is 1. The predicted octanol–water partition coefficient (Wildman–Crippen LogP) is 1.62. The molecular weight excluding hydrogens is 331 g/mol. The van der Waals surface area contributed by atoms with E-state index >= 15 is 0 Å². The van der Waals surface area contributed by atoms with E-state index < -0.39 is 0 Å². The van der Waals surface area contributed by atoms with Gasteiger partial charge < -0.3 is 14.5 Å². The summed E-state index contributed by atoms with van der Waals surface area (Å²) in [5.74, 6) is 0.831. The molecule has 1 N–H and O–H groups in total. The van der Waals surface area contributed by atoms with Crippen LogP contribution < -0.4 is 0 Å². The van der Waals surface area contributed by atoms with Crippen molar-refractivity contribution in [1.82, 2.24) is 19.4 Å². The SMILES string of the molecule is CN(Cc1nccn1C)C(=O)c1cc(I)c[nH]1. The van der Waals surface area contributed by atoms with Gasteiger partial charge in [-0.1, -0.05) is 0 Å². The van der Waals surface area contributed by atoms with Crippen molar-refractivity contribution in [3.8, 4) is 0 Å². The molecule has 1 amide bonds. The Hall–Kier alpha value is -1.31. The molecule has 2 aromatic heterocycles. The molecule has 0 saturated carbocycles. The first-order chi connectivity index (χ1) is 8.08. The molecule has 2 heterocycles. The summed E-state index contributed by atoms with van der Waals surface area (Å²) in [6, 6.07) is 1.83. The van der Waals surface area contributed by atoms with Crippen LogP contribution in [0.2, 0.25) is 0 Å². The molecule has 0 aliphatic rings. The second-order valence-corrected chi connectivity index (χ2v) is 5.09. The van der Waals surface area contributed by atoms with Crippen molar-refractivity contribution in [2.24, 2.45) is 7.05 Å². The summed E-state index contributed by atoms with van der Waals surface area (Å²) >= 11 is 2.17. The monoisotopic (exact) mass is 344 g/mol. The van der Waals surface area contributed by atoms with Crippen molar-refractivity contribution >= 4 is 28.5 Å². The highest BCUT2D eigenvalue weighted by atomic mass is 127. The van der Waals surface area contributed by atoms with Gasteiger partial charge >= 0.3 is 0 Å². The number of rotatable bonds is 3. The van der Waals surface area contributed by atoms with Gasteiger partial charge in [-0.2, -0.15) is 0 Å². The van der Waals surface area contributed by atoms with Gasteiger partial charge in [-0.3, -0.25) is 4.79 Å². The largest absolute Gasteiger partial charge is 0.356 e. The summed E-state index contributed by atoms with van der Waals surface area (Å²) in [5, 5.41) is 0. The topological polar surface area (TPSA) is 53.9 Å². The molecule has 0 saturated heterocycles. The number of carbonyl (C=O) groups is 1. The minimum absolute atomic E-state index is 0.0316. The smallest absolute Gasteiger partial charge is 0.270 e. The van der Waals surface area contributed by atoms with E-state index in [-0.39, 0.29) is 5.91 Å². The maximum atomic E-state index is 12.0. The number of aromatic nitrogens is 3. The van der Waals surface area contributed by atoms with Gasteiger partial charge in [-0.25, -0.2) is 4.98 Å². The fraction of sp³-hybridized carbons (Fsp3) is 0.273. The van der Waals surface area contributed by atoms with Crippen molar-refractivity contribution in [1.29, 1.82) is 0 Å². The standard InChI is InChI=1S/C11H13IN4O/c1-15-4-3-13-10(15)7-16(2)11(17)9-5-8(12)6-14-9/h3-6,14H,7H2,1-2H3. The maximum Gasteiger partial charge on any atom is 0.270 e. The molecule has 2 rings (SSSR count). The van der Waals surface area contributed by atoms with Crippen LogP contribution in [0.25, 0.3) is 0 Å². The van der Waals surface area contributed by atoms with Crippen LogP contribution in [0, 0.1) is 3.57 Å². The van der Waals surface area contributed by atoms with Gasteiger partial charge in [0.15, 0.2) is 0 Å². The van der Waals surface area contributed by atoms with Crippen LogP contribution in [0.5, 0.6) is 0 Å². The highest BCUT2D eigenvalue weighted by Crippen LogP contribution is 2.09. The maximum absolute atomic E-state index is 12.0. The molecule has 0 bridgehead atoms. The number of amides is 1. The average molecular weight is 344 g/mol. The number of hydrogen-bond acceptors (Lipinski definition) is 2. The first-order valence-corrected chi connectivity index (χ1v) is 6.21. The van der Waals surface area contributed by atoms with Crippen molar-refractivity contribution in [3.63, 3.8) is 0 Å². The zero-order valence-electron chi connectivity index (χ0n) is 9.64. The minimum Gasteiger partial charge on any atom is -0.356 e. The Kier molecular flexibility index (Phi) is 3.51. The van der Waals surface area contributed by atoms with Crippen LogP contribution in [0.1, 0.15) is 16.3 Å². The third-order valence-corrected chi connectivity index (χ3v) is 3.15. The van der Waals surface area contributed by atoms with Crippen LogP contribution in [0.4, 0.5) is 0 Å². The molecule has 0 aliphatic heterocycles. The second-order valence-electron chi connectivity index (χ2n) is 3.85. The lowest BCUT2D eigenvalue weighted by Crippen LogP contribution is -2.27. The summed E-state index contributed by atoms with van der Waals surface area (Å²) in [4.78, 5) is 20.8. The number of aromatic amines is 1. The van der Waals surface area contributed by atoms with Crippen LogP contribution in [0.3, 0.4) is 0 Å². The molecule has 90 valence electrons. The lowest BCUT2D eigenvalue weighted by Gasteiger charge is -2.15. The zero-order valence-corrected chi connectivity index (χ0v) is 11.8. The van der Waals surface area contributed by atoms with E-state index in [2.05, 4.69) is 32.6 Å². The third-order valence-electron chi connectivity index (χ3n) is 2.52. The Labute approximate surface area is 113 Å². The number of nitrogens with zero attached hydrogens (tertiary/aromatic N) is 3. The lowest BCUT2D eigenvalue weighted by atomic mass is 10.3. The lowest BCUT2D eigenvalue weighted by molar-refractivity contribution is 0.0775. The van der Waals surface area contributed by atoms with Crippen LogP contribution >= 0.6 is 22.6 Å². The molecule has 2 aromatic rings. The van der Waals surface area contributed by atoms with E-state index in [0.717, 1.165) is 9.39 Å². The van der Waals surface area contributed by atoms with Gasteiger partial charge in [-0.15, -0.1) is 0 Å². The van der Waals surface area contributed by atoms with Crippen LogP contribution in [-0.4, -0.2) is 32.4 Å². The summed E-state index contributed by atoms with van der Waals surface area (Å²) in [6.07, 6.45) is 5.40. The Morgan fingerprint density at radius 2 is 2.41 bits per heavy atom. The average Bonchev–Trinajstić information content (AvgIpc) is 2.88. The van der Waals surface area contributed by atoms with Crippen molar-refractivity contribution in [3.05, 3.63) is 39.7 Å². The zero-order chi connectivity index (χ0) is 12.4. The van der Waals surface area contributed by atoms with Gasteiger partial charge in [0, 0.05) is 36.3 Å². The van der Waals surface area contributed by atoms with E-state index in [1.165, 1.54) is 0 Å². The van der Waals surface area contributed by atoms with E-state index in [0.29, 0.717) is 12.2 Å². The number of hydrogen-bond donors (Lipinski definition) is 1. The van der Waals surface area contributed by atoms with Crippen LogP contribution in [0.15, 0.2) is 24.7 Å². The number of imidazole rings is 1. The second kappa shape index (κ2) is 4.91. The molecular formula is C11H13IN4O.